The molecule has 2 atom stereocenters. The van der Waals surface area contributed by atoms with Gasteiger partial charge in [0.25, 0.3) is 5.91 Å². The number of ether oxygens (including phenoxy) is 2. The van der Waals surface area contributed by atoms with Crippen LogP contribution in [0.2, 0.25) is 0 Å². The molecule has 1 aliphatic heterocycles. The average Bonchev–Trinajstić information content (AvgIpc) is 2.93. The highest BCUT2D eigenvalue weighted by molar-refractivity contribution is 6.05. The first kappa shape index (κ1) is 24.9. The van der Waals surface area contributed by atoms with Crippen molar-refractivity contribution in [3.8, 4) is 11.5 Å². The van der Waals surface area contributed by atoms with Crippen LogP contribution in [0, 0.1) is 6.92 Å². The summed E-state index contributed by atoms with van der Waals surface area (Å²) in [6.07, 6.45) is 5.24. The van der Waals surface area contributed by atoms with Crippen LogP contribution < -0.4 is 14.8 Å². The number of carbonyl (C=O) groups is 2. The highest BCUT2D eigenvalue weighted by Gasteiger charge is 2.46. The summed E-state index contributed by atoms with van der Waals surface area (Å²) in [4.78, 5) is 30.3. The van der Waals surface area contributed by atoms with E-state index >= 15 is 0 Å². The molecule has 192 valence electrons. The van der Waals surface area contributed by atoms with E-state index in [0.717, 1.165) is 48.1 Å². The Hall–Kier alpha value is -3.80. The smallest absolute Gasteiger partial charge is 0.254 e. The molecule has 0 saturated heterocycles. The van der Waals surface area contributed by atoms with Crippen LogP contribution >= 0.6 is 0 Å². The van der Waals surface area contributed by atoms with E-state index in [4.69, 9.17) is 9.47 Å². The van der Waals surface area contributed by atoms with Gasteiger partial charge < -0.3 is 19.7 Å². The minimum absolute atomic E-state index is 0.000467. The zero-order valence-electron chi connectivity index (χ0n) is 21.7. The first-order valence-electron chi connectivity index (χ1n) is 13.0. The minimum Gasteiger partial charge on any atom is -0.497 e. The summed E-state index contributed by atoms with van der Waals surface area (Å²) in [6, 6.07) is 20.7. The van der Waals surface area contributed by atoms with E-state index in [-0.39, 0.29) is 17.9 Å². The van der Waals surface area contributed by atoms with E-state index in [1.807, 2.05) is 78.6 Å². The van der Waals surface area contributed by atoms with Crippen molar-refractivity contribution < 1.29 is 19.1 Å². The number of amides is 2. The number of nitrogens with zero attached hydrogens (tertiary/aromatic N) is 1. The molecule has 0 spiro atoms. The Morgan fingerprint density at radius 1 is 0.919 bits per heavy atom. The van der Waals surface area contributed by atoms with Crippen LogP contribution in [0.3, 0.4) is 0 Å². The van der Waals surface area contributed by atoms with Gasteiger partial charge in [-0.15, -0.1) is 0 Å². The van der Waals surface area contributed by atoms with Gasteiger partial charge in [-0.2, -0.15) is 0 Å². The normalized spacial score (nSPS) is 19.8. The molecule has 0 radical (unpaired) electrons. The lowest BCUT2D eigenvalue weighted by molar-refractivity contribution is -0.119. The fraction of sp³-hybridized carbons (Fsp3) is 0.355. The van der Waals surface area contributed by atoms with E-state index in [2.05, 4.69) is 5.32 Å². The maximum absolute atomic E-state index is 14.2. The van der Waals surface area contributed by atoms with Crippen LogP contribution in [-0.2, 0) is 4.79 Å². The molecule has 2 aliphatic rings. The molecule has 1 saturated carbocycles. The fourth-order valence-corrected chi connectivity index (χ4v) is 5.88. The third-order valence-corrected chi connectivity index (χ3v) is 7.70. The Morgan fingerprint density at radius 2 is 1.65 bits per heavy atom. The number of anilines is 1. The molecule has 6 heteroatoms. The van der Waals surface area contributed by atoms with Crippen LogP contribution in [0.1, 0.15) is 71.1 Å². The van der Waals surface area contributed by atoms with Crippen molar-refractivity contribution in [2.45, 2.75) is 57.0 Å². The highest BCUT2D eigenvalue weighted by Crippen LogP contribution is 2.46. The SMILES string of the molecule is COc1ccc(C2C(C(=O)Nc3cc(C)ccc3OC)c3ccccc3C(=O)N2C2CCCCC2)cc1. The third-order valence-electron chi connectivity index (χ3n) is 7.70. The zero-order valence-corrected chi connectivity index (χ0v) is 21.7. The van der Waals surface area contributed by atoms with Crippen molar-refractivity contribution in [2.24, 2.45) is 0 Å². The molecule has 2 amide bonds. The van der Waals surface area contributed by atoms with E-state index in [9.17, 15) is 9.59 Å². The molecule has 1 N–H and O–H groups in total. The summed E-state index contributed by atoms with van der Waals surface area (Å²) < 4.78 is 10.9. The van der Waals surface area contributed by atoms with Gasteiger partial charge in [0.15, 0.2) is 0 Å². The van der Waals surface area contributed by atoms with Crippen LogP contribution in [0.25, 0.3) is 0 Å². The number of methoxy groups -OCH3 is 2. The Balaban J connectivity index is 1.64. The molecule has 0 aromatic heterocycles. The van der Waals surface area contributed by atoms with E-state index in [1.54, 1.807) is 14.2 Å². The van der Waals surface area contributed by atoms with Crippen molar-refractivity contribution in [3.63, 3.8) is 0 Å². The molecular formula is C31H34N2O4. The van der Waals surface area contributed by atoms with E-state index in [1.165, 1.54) is 6.42 Å². The Morgan fingerprint density at radius 3 is 2.35 bits per heavy atom. The highest BCUT2D eigenvalue weighted by atomic mass is 16.5. The molecule has 3 aromatic rings. The topological polar surface area (TPSA) is 67.9 Å². The lowest BCUT2D eigenvalue weighted by atomic mass is 9.77. The van der Waals surface area contributed by atoms with Gasteiger partial charge in [0.05, 0.1) is 31.9 Å². The molecule has 2 unspecified atom stereocenters. The van der Waals surface area contributed by atoms with Gasteiger partial charge in [0.1, 0.15) is 11.5 Å². The van der Waals surface area contributed by atoms with Crippen LogP contribution in [0.4, 0.5) is 5.69 Å². The monoisotopic (exact) mass is 498 g/mol. The van der Waals surface area contributed by atoms with Gasteiger partial charge in [-0.25, -0.2) is 0 Å². The van der Waals surface area contributed by atoms with Gasteiger partial charge in [-0.05, 0) is 66.8 Å². The minimum atomic E-state index is -0.588. The number of carbonyl (C=O) groups excluding carboxylic acids is 2. The van der Waals surface area contributed by atoms with Crippen molar-refractivity contribution in [2.75, 3.05) is 19.5 Å². The summed E-state index contributed by atoms with van der Waals surface area (Å²) in [5.41, 5.74) is 3.93. The third kappa shape index (κ3) is 4.80. The van der Waals surface area contributed by atoms with Gasteiger partial charge in [0.2, 0.25) is 5.91 Å². The predicted molar refractivity (Wildman–Crippen MR) is 144 cm³/mol. The molecule has 3 aromatic carbocycles. The maximum atomic E-state index is 14.2. The summed E-state index contributed by atoms with van der Waals surface area (Å²) in [6.45, 7) is 1.98. The number of aryl methyl sites for hydroxylation is 1. The van der Waals surface area contributed by atoms with Gasteiger partial charge in [-0.3, -0.25) is 9.59 Å². The number of rotatable bonds is 6. The molecule has 6 nitrogen and oxygen atoms in total. The number of fused-ring (bicyclic) bond motifs is 1. The number of hydrogen-bond donors (Lipinski definition) is 1. The molecule has 5 rings (SSSR count). The average molecular weight is 499 g/mol. The van der Waals surface area contributed by atoms with Crippen molar-refractivity contribution in [1.82, 2.24) is 4.90 Å². The van der Waals surface area contributed by atoms with Crippen molar-refractivity contribution in [1.29, 1.82) is 0 Å². The quantitative estimate of drug-likeness (QED) is 0.435. The molecule has 0 bridgehead atoms. The van der Waals surface area contributed by atoms with Gasteiger partial charge >= 0.3 is 0 Å². The Bertz CT molecular complexity index is 1280. The van der Waals surface area contributed by atoms with Gasteiger partial charge in [-0.1, -0.05) is 55.7 Å². The summed E-state index contributed by atoms with van der Waals surface area (Å²) in [7, 11) is 3.23. The van der Waals surface area contributed by atoms with Crippen LogP contribution in [-0.4, -0.2) is 37.0 Å². The molecule has 1 fully saturated rings. The summed E-state index contributed by atoms with van der Waals surface area (Å²) in [5.74, 6) is 0.589. The lowest BCUT2D eigenvalue weighted by Gasteiger charge is -2.46. The number of nitrogens with one attached hydrogen (secondary N) is 1. The van der Waals surface area contributed by atoms with Crippen LogP contribution in [0.5, 0.6) is 11.5 Å². The molecular weight excluding hydrogens is 464 g/mol. The van der Waals surface area contributed by atoms with Gasteiger partial charge in [0, 0.05) is 11.6 Å². The molecule has 1 heterocycles. The number of benzene rings is 3. The van der Waals surface area contributed by atoms with E-state index < -0.39 is 12.0 Å². The summed E-state index contributed by atoms with van der Waals surface area (Å²) >= 11 is 0. The summed E-state index contributed by atoms with van der Waals surface area (Å²) in [5, 5.41) is 3.15. The first-order valence-corrected chi connectivity index (χ1v) is 13.0. The zero-order chi connectivity index (χ0) is 25.9. The fourth-order valence-electron chi connectivity index (χ4n) is 5.88. The maximum Gasteiger partial charge on any atom is 0.254 e. The lowest BCUT2D eigenvalue weighted by Crippen LogP contribution is -2.51. The standard InChI is InChI=1S/C31H34N2O4/c1-20-13-18-27(37-3)26(19-20)32-30(34)28-24-11-7-8-12-25(24)31(35)33(22-9-5-4-6-10-22)29(28)21-14-16-23(36-2)17-15-21/h7-8,11-19,22,28-29H,4-6,9-10H2,1-3H3,(H,32,34). The van der Waals surface area contributed by atoms with E-state index in [0.29, 0.717) is 17.0 Å². The second-order valence-electron chi connectivity index (χ2n) is 9.98. The molecule has 37 heavy (non-hydrogen) atoms. The van der Waals surface area contributed by atoms with Crippen molar-refractivity contribution >= 4 is 17.5 Å². The largest absolute Gasteiger partial charge is 0.497 e. The molecule has 1 aliphatic carbocycles. The second kappa shape index (κ2) is 10.7. The second-order valence-corrected chi connectivity index (χ2v) is 9.98. The Labute approximate surface area is 218 Å². The first-order chi connectivity index (χ1) is 18.0. The number of hydrogen-bond acceptors (Lipinski definition) is 4. The van der Waals surface area contributed by atoms with Crippen molar-refractivity contribution in [3.05, 3.63) is 89.0 Å². The van der Waals surface area contributed by atoms with Crippen LogP contribution in [0.15, 0.2) is 66.7 Å². The Kier molecular flexibility index (Phi) is 7.17. The predicted octanol–water partition coefficient (Wildman–Crippen LogP) is 6.26.